The van der Waals surface area contributed by atoms with Crippen LogP contribution in [-0.2, 0) is 14.3 Å². The number of thiophene rings is 1. The molecule has 146 valence electrons. The molecule has 5 nitrogen and oxygen atoms in total. The van der Waals surface area contributed by atoms with Crippen LogP contribution in [0.1, 0.15) is 87.9 Å². The molecule has 0 saturated carbocycles. The van der Waals surface area contributed by atoms with Crippen LogP contribution in [0, 0.1) is 0 Å². The molecule has 0 spiro atoms. The zero-order valence-electron chi connectivity index (χ0n) is 16.0. The number of hydrogen-bond acceptors (Lipinski definition) is 5. The molecule has 0 saturated heterocycles. The smallest absolute Gasteiger partial charge is 0.340 e. The van der Waals surface area contributed by atoms with Crippen LogP contribution in [0.2, 0.25) is 0 Å². The molecule has 0 fully saturated rings. The van der Waals surface area contributed by atoms with E-state index < -0.39 is 5.97 Å². The predicted molar refractivity (Wildman–Crippen MR) is 106 cm³/mol. The molecule has 0 aromatic carbocycles. The van der Waals surface area contributed by atoms with E-state index in [2.05, 4.69) is 17.0 Å². The van der Waals surface area contributed by atoms with Crippen LogP contribution in [0.25, 0.3) is 0 Å². The van der Waals surface area contributed by atoms with Gasteiger partial charge in [0.25, 0.3) is 0 Å². The van der Waals surface area contributed by atoms with Gasteiger partial charge in [0.2, 0.25) is 5.91 Å². The predicted octanol–water partition coefficient (Wildman–Crippen LogP) is 5.35. The standard InChI is InChI=1S/C20H31NO4S/c1-3-4-5-6-7-8-9-10-11-12-16(22)15-18(23)21-19-17(13-14-26-19)20(24)25-2/h13-14H,3-12,15H2,1-2H3,(H,21,23). The summed E-state index contributed by atoms with van der Waals surface area (Å²) >= 11 is 1.24. The second kappa shape index (κ2) is 13.5. The lowest BCUT2D eigenvalue weighted by Crippen LogP contribution is -2.17. The van der Waals surface area contributed by atoms with E-state index in [0.717, 1.165) is 19.3 Å². The first kappa shape index (κ1) is 22.4. The van der Waals surface area contributed by atoms with E-state index in [4.69, 9.17) is 0 Å². The molecule has 1 aromatic rings. The van der Waals surface area contributed by atoms with Crippen molar-refractivity contribution >= 4 is 34.0 Å². The molecule has 1 aromatic heterocycles. The zero-order chi connectivity index (χ0) is 19.2. The summed E-state index contributed by atoms with van der Waals surface area (Å²) < 4.78 is 4.66. The minimum Gasteiger partial charge on any atom is -0.465 e. The van der Waals surface area contributed by atoms with Crippen LogP contribution in [0.5, 0.6) is 0 Å². The first-order valence-corrected chi connectivity index (χ1v) is 10.4. The second-order valence-corrected chi connectivity index (χ2v) is 7.41. The van der Waals surface area contributed by atoms with Crippen molar-refractivity contribution in [3.63, 3.8) is 0 Å². The Hall–Kier alpha value is -1.69. The lowest BCUT2D eigenvalue weighted by Gasteiger charge is -2.05. The quantitative estimate of drug-likeness (QED) is 0.268. The van der Waals surface area contributed by atoms with Crippen molar-refractivity contribution in [2.24, 2.45) is 0 Å². The molecule has 1 N–H and O–H groups in total. The summed E-state index contributed by atoms with van der Waals surface area (Å²) in [4.78, 5) is 35.4. The lowest BCUT2D eigenvalue weighted by molar-refractivity contribution is -0.125. The summed E-state index contributed by atoms with van der Waals surface area (Å²) in [7, 11) is 1.29. The molecular formula is C20H31NO4S. The van der Waals surface area contributed by atoms with E-state index in [1.807, 2.05) is 0 Å². The van der Waals surface area contributed by atoms with E-state index in [-0.39, 0.29) is 18.1 Å². The van der Waals surface area contributed by atoms with Crippen LogP contribution in [0.15, 0.2) is 11.4 Å². The molecule has 0 radical (unpaired) electrons. The third-order valence-electron chi connectivity index (χ3n) is 4.24. The number of anilines is 1. The molecule has 1 heterocycles. The number of unbranched alkanes of at least 4 members (excludes halogenated alkanes) is 8. The first-order chi connectivity index (χ1) is 12.6. The number of nitrogens with one attached hydrogen (secondary N) is 1. The van der Waals surface area contributed by atoms with Crippen molar-refractivity contribution in [3.05, 3.63) is 17.0 Å². The third-order valence-corrected chi connectivity index (χ3v) is 5.07. The summed E-state index contributed by atoms with van der Waals surface area (Å²) in [5.74, 6) is -0.928. The van der Waals surface area contributed by atoms with Gasteiger partial charge >= 0.3 is 5.97 Å². The van der Waals surface area contributed by atoms with Gasteiger partial charge in [-0.2, -0.15) is 0 Å². The number of esters is 1. The fourth-order valence-electron chi connectivity index (χ4n) is 2.75. The Bertz CT molecular complexity index is 568. The number of carbonyl (C=O) groups is 3. The molecule has 0 atom stereocenters. The maximum absolute atomic E-state index is 12.0. The number of Topliss-reactive ketones (excluding diaryl/α,β-unsaturated/α-hetero) is 1. The Kier molecular flexibility index (Phi) is 11.6. The molecule has 0 bridgehead atoms. The normalized spacial score (nSPS) is 10.5. The van der Waals surface area contributed by atoms with Crippen LogP contribution >= 0.6 is 11.3 Å². The number of ether oxygens (including phenoxy) is 1. The average Bonchev–Trinajstić information content (AvgIpc) is 3.07. The molecule has 0 aliphatic carbocycles. The minimum atomic E-state index is -0.498. The molecule has 6 heteroatoms. The summed E-state index contributed by atoms with van der Waals surface area (Å²) in [6.45, 7) is 2.22. The average molecular weight is 382 g/mol. The summed E-state index contributed by atoms with van der Waals surface area (Å²) in [6.07, 6.45) is 11.1. The molecular weight excluding hydrogens is 350 g/mol. The minimum absolute atomic E-state index is 0.0541. The van der Waals surface area contributed by atoms with Gasteiger partial charge < -0.3 is 10.1 Å². The summed E-state index contributed by atoms with van der Waals surface area (Å²) in [5.41, 5.74) is 0.317. The van der Waals surface area contributed by atoms with E-state index in [0.29, 0.717) is 17.0 Å². The third kappa shape index (κ3) is 9.13. The molecule has 0 aliphatic heterocycles. The number of methoxy groups -OCH3 is 1. The van der Waals surface area contributed by atoms with Gasteiger partial charge in [-0.3, -0.25) is 9.59 Å². The highest BCUT2D eigenvalue weighted by atomic mass is 32.1. The zero-order valence-corrected chi connectivity index (χ0v) is 16.8. The van der Waals surface area contributed by atoms with Gasteiger partial charge in [-0.25, -0.2) is 4.79 Å². The van der Waals surface area contributed by atoms with E-state index in [1.54, 1.807) is 11.4 Å². The van der Waals surface area contributed by atoms with Crippen molar-refractivity contribution in [3.8, 4) is 0 Å². The number of ketones is 1. The van der Waals surface area contributed by atoms with Gasteiger partial charge in [-0.05, 0) is 17.9 Å². The molecule has 1 amide bonds. The maximum atomic E-state index is 12.0. The maximum Gasteiger partial charge on any atom is 0.340 e. The van der Waals surface area contributed by atoms with E-state index in [1.165, 1.54) is 57.0 Å². The van der Waals surface area contributed by atoms with Crippen molar-refractivity contribution < 1.29 is 19.1 Å². The summed E-state index contributed by atoms with van der Waals surface area (Å²) in [6, 6.07) is 1.59. The lowest BCUT2D eigenvalue weighted by atomic mass is 10.0. The second-order valence-electron chi connectivity index (χ2n) is 6.50. The SMILES string of the molecule is CCCCCCCCCCCC(=O)CC(=O)Nc1sccc1C(=O)OC. The van der Waals surface area contributed by atoms with Crippen LogP contribution in [0.3, 0.4) is 0 Å². The van der Waals surface area contributed by atoms with Crippen LogP contribution in [0.4, 0.5) is 5.00 Å². The van der Waals surface area contributed by atoms with Crippen LogP contribution < -0.4 is 5.32 Å². The Labute approximate surface area is 160 Å². The van der Waals surface area contributed by atoms with Gasteiger partial charge in [0.05, 0.1) is 19.1 Å². The molecule has 26 heavy (non-hydrogen) atoms. The van der Waals surface area contributed by atoms with Crippen molar-refractivity contribution in [1.82, 2.24) is 0 Å². The number of carbonyl (C=O) groups excluding carboxylic acids is 3. The Balaban J connectivity index is 2.15. The van der Waals surface area contributed by atoms with E-state index in [9.17, 15) is 14.4 Å². The highest BCUT2D eigenvalue weighted by Crippen LogP contribution is 2.24. The monoisotopic (exact) mass is 381 g/mol. The highest BCUT2D eigenvalue weighted by molar-refractivity contribution is 7.14. The van der Waals surface area contributed by atoms with Gasteiger partial charge in [0.1, 0.15) is 10.8 Å². The largest absolute Gasteiger partial charge is 0.465 e. The van der Waals surface area contributed by atoms with Crippen molar-refractivity contribution in [2.75, 3.05) is 12.4 Å². The Morgan fingerprint density at radius 3 is 2.23 bits per heavy atom. The Morgan fingerprint density at radius 1 is 1.00 bits per heavy atom. The van der Waals surface area contributed by atoms with Crippen molar-refractivity contribution in [1.29, 1.82) is 0 Å². The van der Waals surface area contributed by atoms with E-state index >= 15 is 0 Å². The van der Waals surface area contributed by atoms with Crippen molar-refractivity contribution in [2.45, 2.75) is 77.6 Å². The fourth-order valence-corrected chi connectivity index (χ4v) is 3.54. The number of rotatable bonds is 14. The Morgan fingerprint density at radius 2 is 1.62 bits per heavy atom. The first-order valence-electron chi connectivity index (χ1n) is 9.55. The number of amides is 1. The molecule has 0 unspecified atom stereocenters. The molecule has 0 aliphatic rings. The van der Waals surface area contributed by atoms with Gasteiger partial charge in [0, 0.05) is 6.42 Å². The van der Waals surface area contributed by atoms with Gasteiger partial charge in [-0.15, -0.1) is 11.3 Å². The topological polar surface area (TPSA) is 72.5 Å². The van der Waals surface area contributed by atoms with Crippen LogP contribution in [-0.4, -0.2) is 24.8 Å². The summed E-state index contributed by atoms with van der Waals surface area (Å²) in [5, 5.41) is 4.76. The van der Waals surface area contributed by atoms with Gasteiger partial charge in [-0.1, -0.05) is 58.3 Å². The molecule has 1 rings (SSSR count). The number of hydrogen-bond donors (Lipinski definition) is 1. The fraction of sp³-hybridized carbons (Fsp3) is 0.650. The highest BCUT2D eigenvalue weighted by Gasteiger charge is 2.16. The van der Waals surface area contributed by atoms with Gasteiger partial charge in [0.15, 0.2) is 0 Å².